The minimum atomic E-state index is -0.127. The minimum absolute atomic E-state index is 0.0200. The summed E-state index contributed by atoms with van der Waals surface area (Å²) in [4.78, 5) is 16.4. The van der Waals surface area contributed by atoms with Gasteiger partial charge in [-0.1, -0.05) is 44.1 Å². The molecule has 0 bridgehead atoms. The van der Waals surface area contributed by atoms with Crippen LogP contribution in [-0.4, -0.2) is 28.7 Å². The van der Waals surface area contributed by atoms with Crippen LogP contribution >= 0.6 is 0 Å². The van der Waals surface area contributed by atoms with Crippen molar-refractivity contribution in [3.05, 3.63) is 41.5 Å². The molecule has 0 saturated heterocycles. The van der Waals surface area contributed by atoms with Crippen molar-refractivity contribution in [1.82, 2.24) is 15.5 Å². The third-order valence-electron chi connectivity index (χ3n) is 4.17. The molecule has 1 aliphatic heterocycles. The molecule has 6 heteroatoms. The van der Waals surface area contributed by atoms with Gasteiger partial charge in [0.15, 0.2) is 5.82 Å². The van der Waals surface area contributed by atoms with Gasteiger partial charge < -0.3 is 14.6 Å². The predicted octanol–water partition coefficient (Wildman–Crippen LogP) is 2.81. The average molecular weight is 343 g/mol. The van der Waals surface area contributed by atoms with Gasteiger partial charge in [-0.3, -0.25) is 4.79 Å². The number of nitrogens with zero attached hydrogens (tertiary/aromatic N) is 2. The number of para-hydroxylation sites is 1. The van der Waals surface area contributed by atoms with E-state index in [1.165, 1.54) is 5.56 Å². The molecule has 0 spiro atoms. The zero-order chi connectivity index (χ0) is 17.9. The maximum absolute atomic E-state index is 12.0. The van der Waals surface area contributed by atoms with Crippen LogP contribution in [0.2, 0.25) is 0 Å². The summed E-state index contributed by atoms with van der Waals surface area (Å²) >= 11 is 0. The standard InChI is InChI=1S/C19H25N3O3/c1-19(2,3)18-21-17(25-22-18)10-6-9-16(23)20-12-14-11-13-7-4-5-8-15(13)24-14/h4-5,7-8,14H,6,9-12H2,1-3H3,(H,20,23)/t14-/m1/s1. The first kappa shape index (κ1) is 17.5. The third kappa shape index (κ3) is 4.59. The highest BCUT2D eigenvalue weighted by Crippen LogP contribution is 2.27. The lowest BCUT2D eigenvalue weighted by molar-refractivity contribution is -0.121. The normalized spacial score (nSPS) is 16.4. The Hall–Kier alpha value is -2.37. The quantitative estimate of drug-likeness (QED) is 0.873. The molecule has 1 N–H and O–H groups in total. The fraction of sp³-hybridized carbons (Fsp3) is 0.526. The van der Waals surface area contributed by atoms with Gasteiger partial charge in [-0.2, -0.15) is 4.98 Å². The Morgan fingerprint density at radius 2 is 2.12 bits per heavy atom. The van der Waals surface area contributed by atoms with Gasteiger partial charge in [-0.25, -0.2) is 0 Å². The molecule has 3 rings (SSSR count). The molecule has 2 heterocycles. The fourth-order valence-corrected chi connectivity index (χ4v) is 2.75. The van der Waals surface area contributed by atoms with Crippen LogP contribution in [0.25, 0.3) is 0 Å². The number of hydrogen-bond donors (Lipinski definition) is 1. The molecule has 0 unspecified atom stereocenters. The van der Waals surface area contributed by atoms with Crippen molar-refractivity contribution < 1.29 is 14.1 Å². The number of benzene rings is 1. The Labute approximate surface area is 148 Å². The number of fused-ring (bicyclic) bond motifs is 1. The molecule has 0 aliphatic carbocycles. The van der Waals surface area contributed by atoms with E-state index in [1.807, 2.05) is 39.0 Å². The number of ether oxygens (including phenoxy) is 1. The Morgan fingerprint density at radius 1 is 1.32 bits per heavy atom. The molecule has 134 valence electrons. The van der Waals surface area contributed by atoms with E-state index < -0.39 is 0 Å². The van der Waals surface area contributed by atoms with Gasteiger partial charge in [0, 0.05) is 24.7 Å². The Balaban J connectivity index is 1.36. The van der Waals surface area contributed by atoms with Crippen LogP contribution in [0.5, 0.6) is 5.75 Å². The zero-order valence-corrected chi connectivity index (χ0v) is 15.0. The molecule has 0 fully saturated rings. The Bertz CT molecular complexity index is 709. The van der Waals surface area contributed by atoms with E-state index in [2.05, 4.69) is 21.5 Å². The molecule has 1 aromatic heterocycles. The second kappa shape index (κ2) is 7.25. The topological polar surface area (TPSA) is 77.2 Å². The molecule has 0 radical (unpaired) electrons. The van der Waals surface area contributed by atoms with Gasteiger partial charge >= 0.3 is 0 Å². The monoisotopic (exact) mass is 343 g/mol. The lowest BCUT2D eigenvalue weighted by Gasteiger charge is -2.11. The van der Waals surface area contributed by atoms with Crippen LogP contribution in [0.4, 0.5) is 0 Å². The van der Waals surface area contributed by atoms with E-state index in [1.54, 1.807) is 0 Å². The lowest BCUT2D eigenvalue weighted by Crippen LogP contribution is -2.34. The van der Waals surface area contributed by atoms with Gasteiger partial charge in [0.1, 0.15) is 11.9 Å². The number of nitrogens with one attached hydrogen (secondary N) is 1. The summed E-state index contributed by atoms with van der Waals surface area (Å²) in [5.74, 6) is 2.24. The van der Waals surface area contributed by atoms with Gasteiger partial charge in [0.2, 0.25) is 11.8 Å². The Morgan fingerprint density at radius 3 is 2.84 bits per heavy atom. The Kier molecular flexibility index (Phi) is 5.06. The number of carbonyl (C=O) groups is 1. The lowest BCUT2D eigenvalue weighted by atomic mass is 9.96. The van der Waals surface area contributed by atoms with Crippen molar-refractivity contribution in [2.24, 2.45) is 0 Å². The summed E-state index contributed by atoms with van der Waals surface area (Å²) in [7, 11) is 0. The largest absolute Gasteiger partial charge is 0.488 e. The third-order valence-corrected chi connectivity index (χ3v) is 4.17. The predicted molar refractivity (Wildman–Crippen MR) is 93.5 cm³/mol. The fourth-order valence-electron chi connectivity index (χ4n) is 2.75. The maximum atomic E-state index is 12.0. The number of amides is 1. The number of hydrogen-bond acceptors (Lipinski definition) is 5. The van der Waals surface area contributed by atoms with Gasteiger partial charge in [0.25, 0.3) is 0 Å². The van der Waals surface area contributed by atoms with E-state index in [0.29, 0.717) is 37.5 Å². The van der Waals surface area contributed by atoms with Crippen LogP contribution < -0.4 is 10.1 Å². The average Bonchev–Trinajstić information content (AvgIpc) is 3.19. The van der Waals surface area contributed by atoms with Crippen molar-refractivity contribution in [3.8, 4) is 5.75 Å². The summed E-state index contributed by atoms with van der Waals surface area (Å²) in [6, 6.07) is 7.99. The van der Waals surface area contributed by atoms with Crippen LogP contribution in [0.15, 0.2) is 28.8 Å². The van der Waals surface area contributed by atoms with Crippen LogP contribution in [0.3, 0.4) is 0 Å². The van der Waals surface area contributed by atoms with Crippen LogP contribution in [0.1, 0.15) is 50.9 Å². The van der Waals surface area contributed by atoms with Crippen LogP contribution in [0, 0.1) is 0 Å². The second-order valence-electron chi connectivity index (χ2n) is 7.47. The SMILES string of the molecule is CC(C)(C)c1noc(CCCC(=O)NC[C@H]2Cc3ccccc3O2)n1. The smallest absolute Gasteiger partial charge is 0.226 e. The second-order valence-corrected chi connectivity index (χ2v) is 7.47. The molecule has 2 aromatic rings. The molecule has 1 aliphatic rings. The number of aryl methyl sites for hydroxylation is 1. The minimum Gasteiger partial charge on any atom is -0.488 e. The molecular weight excluding hydrogens is 318 g/mol. The summed E-state index contributed by atoms with van der Waals surface area (Å²) in [6.45, 7) is 6.65. The van der Waals surface area contributed by atoms with Crippen molar-refractivity contribution >= 4 is 5.91 Å². The molecule has 25 heavy (non-hydrogen) atoms. The van der Waals surface area contributed by atoms with E-state index in [4.69, 9.17) is 9.26 Å². The van der Waals surface area contributed by atoms with E-state index in [0.717, 1.165) is 12.2 Å². The van der Waals surface area contributed by atoms with Crippen molar-refractivity contribution in [2.45, 2.75) is 58.0 Å². The first-order chi connectivity index (χ1) is 11.9. The number of carbonyl (C=O) groups excluding carboxylic acids is 1. The van der Waals surface area contributed by atoms with Gasteiger partial charge in [-0.05, 0) is 18.1 Å². The van der Waals surface area contributed by atoms with Crippen LogP contribution in [-0.2, 0) is 23.1 Å². The molecule has 1 atom stereocenters. The van der Waals surface area contributed by atoms with Gasteiger partial charge in [0.05, 0.1) is 6.54 Å². The maximum Gasteiger partial charge on any atom is 0.226 e. The van der Waals surface area contributed by atoms with Gasteiger partial charge in [-0.15, -0.1) is 0 Å². The first-order valence-electron chi connectivity index (χ1n) is 8.76. The summed E-state index contributed by atoms with van der Waals surface area (Å²) in [5.41, 5.74) is 1.07. The first-order valence-corrected chi connectivity index (χ1v) is 8.76. The van der Waals surface area contributed by atoms with E-state index >= 15 is 0 Å². The molecular formula is C19H25N3O3. The zero-order valence-electron chi connectivity index (χ0n) is 15.0. The van der Waals surface area contributed by atoms with Crippen molar-refractivity contribution in [2.75, 3.05) is 6.54 Å². The highest BCUT2D eigenvalue weighted by atomic mass is 16.5. The summed E-state index contributed by atoms with van der Waals surface area (Å²) < 4.78 is 11.1. The highest BCUT2D eigenvalue weighted by molar-refractivity contribution is 5.75. The summed E-state index contributed by atoms with van der Waals surface area (Å²) in [6.07, 6.45) is 2.60. The summed E-state index contributed by atoms with van der Waals surface area (Å²) in [5, 5.41) is 6.93. The molecule has 6 nitrogen and oxygen atoms in total. The van der Waals surface area contributed by atoms with E-state index in [9.17, 15) is 4.79 Å². The van der Waals surface area contributed by atoms with Crippen molar-refractivity contribution in [1.29, 1.82) is 0 Å². The number of rotatable bonds is 6. The molecule has 0 saturated carbocycles. The highest BCUT2D eigenvalue weighted by Gasteiger charge is 2.23. The molecule has 1 amide bonds. The van der Waals surface area contributed by atoms with Crippen molar-refractivity contribution in [3.63, 3.8) is 0 Å². The number of aromatic nitrogens is 2. The molecule has 1 aromatic carbocycles. The van der Waals surface area contributed by atoms with E-state index in [-0.39, 0.29) is 17.4 Å².